The molecule has 1 aliphatic heterocycles. The van der Waals surface area contributed by atoms with E-state index in [1.807, 2.05) is 32.9 Å². The highest BCUT2D eigenvalue weighted by Crippen LogP contribution is 2.47. The number of carbonyl (C=O) groups is 1. The second-order valence-electron chi connectivity index (χ2n) is 12.8. The molecule has 1 fully saturated rings. The number of carbonyl (C=O) groups excluding carboxylic acids is 1. The van der Waals surface area contributed by atoms with Crippen molar-refractivity contribution in [2.24, 2.45) is 0 Å². The Morgan fingerprint density at radius 3 is 2.30 bits per heavy atom. The van der Waals surface area contributed by atoms with Gasteiger partial charge in [-0.2, -0.15) is 0 Å². The van der Waals surface area contributed by atoms with Gasteiger partial charge in [0.05, 0.1) is 17.2 Å². The summed E-state index contributed by atoms with van der Waals surface area (Å²) in [5, 5.41) is 0. The van der Waals surface area contributed by atoms with Crippen molar-refractivity contribution in [3.05, 3.63) is 62.6 Å². The predicted molar refractivity (Wildman–Crippen MR) is 167 cm³/mol. The molecule has 1 aliphatic rings. The Balaban J connectivity index is 1.34. The normalized spacial score (nSPS) is 15.2. The quantitative estimate of drug-likeness (QED) is 0.227. The van der Waals surface area contributed by atoms with Crippen molar-refractivity contribution in [1.82, 2.24) is 19.4 Å². The van der Waals surface area contributed by atoms with Gasteiger partial charge in [0.2, 0.25) is 5.91 Å². The van der Waals surface area contributed by atoms with E-state index in [0.717, 1.165) is 46.6 Å². The Labute approximate surface area is 249 Å². The first-order valence-electron chi connectivity index (χ1n) is 13.9. The molecule has 0 unspecified atom stereocenters. The summed E-state index contributed by atoms with van der Waals surface area (Å²) in [4.78, 5) is 25.2. The number of likely N-dealkylation sites (tertiary alicyclic amines) is 1. The first kappa shape index (κ1) is 28.8. The number of piperidine rings is 1. The molecule has 0 spiro atoms. The van der Waals surface area contributed by atoms with Crippen LogP contribution in [0.4, 0.5) is 0 Å². The molecule has 0 atom stereocenters. The number of fused-ring (bicyclic) bond motifs is 1. The number of methoxy groups -OCH3 is 1. The van der Waals surface area contributed by atoms with Crippen LogP contribution in [0.5, 0.6) is 5.75 Å². The second kappa shape index (κ2) is 10.9. The average molecular weight is 624 g/mol. The van der Waals surface area contributed by atoms with E-state index in [9.17, 15) is 4.79 Å². The van der Waals surface area contributed by atoms with Crippen molar-refractivity contribution in [3.8, 4) is 16.9 Å². The van der Waals surface area contributed by atoms with Crippen molar-refractivity contribution < 1.29 is 9.53 Å². The lowest BCUT2D eigenvalue weighted by atomic mass is 9.78. The molecule has 0 bridgehead atoms. The number of thiophene rings is 1. The summed E-state index contributed by atoms with van der Waals surface area (Å²) in [7, 11) is 1.78. The molecule has 3 aromatic heterocycles. The van der Waals surface area contributed by atoms with Crippen LogP contribution in [-0.2, 0) is 22.2 Å². The summed E-state index contributed by atoms with van der Waals surface area (Å²) < 4.78 is 8.99. The Kier molecular flexibility index (Phi) is 7.87. The third-order valence-corrected chi connectivity index (χ3v) is 9.85. The average Bonchev–Trinajstić information content (AvgIpc) is 3.50. The van der Waals surface area contributed by atoms with Gasteiger partial charge < -0.3 is 14.2 Å². The zero-order chi connectivity index (χ0) is 28.8. The molecule has 1 amide bonds. The van der Waals surface area contributed by atoms with E-state index in [-0.39, 0.29) is 23.3 Å². The van der Waals surface area contributed by atoms with Crippen molar-refractivity contribution >= 4 is 44.3 Å². The Hall–Kier alpha value is -2.71. The minimum atomic E-state index is -0.0505. The number of ether oxygens (including phenoxy) is 1. The monoisotopic (exact) mass is 622 g/mol. The van der Waals surface area contributed by atoms with Gasteiger partial charge in [-0.1, -0.05) is 41.5 Å². The van der Waals surface area contributed by atoms with Crippen LogP contribution >= 0.6 is 27.3 Å². The fourth-order valence-corrected chi connectivity index (χ4v) is 7.55. The SMILES string of the molecule is COc1c(C(C)(C)C)cc(-c2cc(C3CCN(C(=O)Cn4cnc5cccnc54)CC3)sc2Br)cc1C(C)(C)C. The summed E-state index contributed by atoms with van der Waals surface area (Å²) in [6.45, 7) is 15.3. The van der Waals surface area contributed by atoms with Gasteiger partial charge in [0, 0.05) is 40.9 Å². The number of imidazole rings is 1. The van der Waals surface area contributed by atoms with Crippen LogP contribution in [0.2, 0.25) is 0 Å². The lowest BCUT2D eigenvalue weighted by Gasteiger charge is -2.31. The van der Waals surface area contributed by atoms with Crippen molar-refractivity contribution in [2.75, 3.05) is 20.2 Å². The van der Waals surface area contributed by atoms with E-state index in [1.165, 1.54) is 27.1 Å². The van der Waals surface area contributed by atoms with Crippen LogP contribution in [0.25, 0.3) is 22.3 Å². The van der Waals surface area contributed by atoms with E-state index in [4.69, 9.17) is 4.74 Å². The van der Waals surface area contributed by atoms with Gasteiger partial charge in [0.15, 0.2) is 5.65 Å². The van der Waals surface area contributed by atoms with E-state index in [2.05, 4.69) is 85.6 Å². The van der Waals surface area contributed by atoms with Crippen LogP contribution in [0.15, 0.2) is 46.6 Å². The van der Waals surface area contributed by atoms with Crippen LogP contribution in [-0.4, -0.2) is 45.5 Å². The molecule has 0 N–H and O–H groups in total. The Bertz CT molecular complexity index is 1500. The summed E-state index contributed by atoms with van der Waals surface area (Å²) in [6, 6.07) is 10.8. The molecule has 1 aromatic carbocycles. The van der Waals surface area contributed by atoms with Gasteiger partial charge >= 0.3 is 0 Å². The molecule has 6 nitrogen and oxygen atoms in total. The topological polar surface area (TPSA) is 60.2 Å². The van der Waals surface area contributed by atoms with Crippen molar-refractivity contribution in [3.63, 3.8) is 0 Å². The summed E-state index contributed by atoms with van der Waals surface area (Å²) in [5.41, 5.74) is 6.37. The molecule has 0 aliphatic carbocycles. The third kappa shape index (κ3) is 5.70. The molecule has 8 heteroatoms. The van der Waals surface area contributed by atoms with E-state index < -0.39 is 0 Å². The maximum Gasteiger partial charge on any atom is 0.242 e. The minimum absolute atomic E-state index is 0.0505. The number of benzene rings is 1. The fraction of sp³-hybridized carbons (Fsp3) is 0.469. The first-order valence-corrected chi connectivity index (χ1v) is 15.5. The number of hydrogen-bond donors (Lipinski definition) is 0. The summed E-state index contributed by atoms with van der Waals surface area (Å²) in [5.74, 6) is 1.56. The molecule has 4 aromatic rings. The lowest BCUT2D eigenvalue weighted by Crippen LogP contribution is -2.39. The minimum Gasteiger partial charge on any atom is -0.496 e. The Morgan fingerprint density at radius 2 is 1.70 bits per heavy atom. The molecule has 5 rings (SSSR count). The van der Waals surface area contributed by atoms with Gasteiger partial charge in [-0.3, -0.25) is 4.79 Å². The summed E-state index contributed by atoms with van der Waals surface area (Å²) >= 11 is 5.73. The standard InChI is InChI=1S/C32H39BrN4O2S/c1-31(2,3)23-15-21(16-24(28(23)39-7)32(4,5)6)22-17-26(40-29(22)33)20-10-13-36(14-11-20)27(38)18-37-19-35-25-9-8-12-34-30(25)37/h8-9,12,15-17,19-20H,10-11,13-14,18H2,1-7H3. The van der Waals surface area contributed by atoms with Gasteiger partial charge in [0.25, 0.3) is 0 Å². The zero-order valence-electron chi connectivity index (χ0n) is 24.5. The number of hydrogen-bond acceptors (Lipinski definition) is 5. The van der Waals surface area contributed by atoms with Crippen molar-refractivity contribution in [1.29, 1.82) is 0 Å². The molecule has 40 heavy (non-hydrogen) atoms. The molecule has 1 saturated heterocycles. The van der Waals surface area contributed by atoms with Crippen molar-refractivity contribution in [2.45, 2.75) is 77.7 Å². The smallest absolute Gasteiger partial charge is 0.242 e. The van der Waals surface area contributed by atoms with Gasteiger partial charge in [-0.25, -0.2) is 9.97 Å². The molecular weight excluding hydrogens is 584 g/mol. The van der Waals surface area contributed by atoms with Crippen LogP contribution < -0.4 is 4.74 Å². The number of amides is 1. The van der Waals surface area contributed by atoms with Crippen LogP contribution in [0, 0.1) is 0 Å². The fourth-order valence-electron chi connectivity index (χ4n) is 5.58. The number of rotatable bonds is 5. The summed E-state index contributed by atoms with van der Waals surface area (Å²) in [6.07, 6.45) is 5.38. The van der Waals surface area contributed by atoms with E-state index >= 15 is 0 Å². The maximum atomic E-state index is 13.1. The molecular formula is C32H39BrN4O2S. The highest BCUT2D eigenvalue weighted by molar-refractivity contribution is 9.11. The number of nitrogens with zero attached hydrogens (tertiary/aromatic N) is 4. The number of aromatic nitrogens is 3. The van der Waals surface area contributed by atoms with Gasteiger partial charge in [-0.05, 0) is 81.4 Å². The van der Waals surface area contributed by atoms with Crippen LogP contribution in [0.3, 0.4) is 0 Å². The second-order valence-corrected chi connectivity index (χ2v) is 15.2. The first-order chi connectivity index (χ1) is 18.9. The van der Waals surface area contributed by atoms with Crippen LogP contribution in [0.1, 0.15) is 76.3 Å². The maximum absolute atomic E-state index is 13.1. The third-order valence-electron chi connectivity index (χ3n) is 7.86. The largest absolute Gasteiger partial charge is 0.496 e. The number of pyridine rings is 1. The predicted octanol–water partition coefficient (Wildman–Crippen LogP) is 7.93. The van der Waals surface area contributed by atoms with Gasteiger partial charge in [0.1, 0.15) is 17.8 Å². The van der Waals surface area contributed by atoms with E-state index in [0.29, 0.717) is 5.92 Å². The molecule has 0 saturated carbocycles. The highest BCUT2D eigenvalue weighted by Gasteiger charge is 2.30. The molecule has 4 heterocycles. The number of halogens is 1. The lowest BCUT2D eigenvalue weighted by molar-refractivity contribution is -0.132. The molecule has 0 radical (unpaired) electrons. The Morgan fingerprint density at radius 1 is 1.05 bits per heavy atom. The van der Waals surface area contributed by atoms with E-state index in [1.54, 1.807) is 19.6 Å². The van der Waals surface area contributed by atoms with Gasteiger partial charge in [-0.15, -0.1) is 11.3 Å². The highest BCUT2D eigenvalue weighted by atomic mass is 79.9. The zero-order valence-corrected chi connectivity index (χ0v) is 26.9. The molecule has 212 valence electrons.